The second-order valence-corrected chi connectivity index (χ2v) is 7.37. The number of benzene rings is 3. The van der Waals surface area contributed by atoms with Gasteiger partial charge in [0.1, 0.15) is 0 Å². The summed E-state index contributed by atoms with van der Waals surface area (Å²) < 4.78 is 8.22. The molecule has 0 N–H and O–H groups in total. The fourth-order valence-electron chi connectivity index (χ4n) is 4.15. The Morgan fingerprint density at radius 3 is 2.23 bits per heavy atom. The first kappa shape index (κ1) is 16.8. The van der Waals surface area contributed by atoms with Crippen molar-refractivity contribution in [2.75, 3.05) is 0 Å². The molecule has 0 spiro atoms. The zero-order valence-corrected chi connectivity index (χ0v) is 16.2. The molecule has 30 heavy (non-hydrogen) atoms. The van der Waals surface area contributed by atoms with Crippen molar-refractivity contribution in [3.8, 4) is 28.1 Å². The van der Waals surface area contributed by atoms with Gasteiger partial charge >= 0.3 is 0 Å². The van der Waals surface area contributed by atoms with Crippen LogP contribution in [0.4, 0.5) is 0 Å². The third kappa shape index (κ3) is 2.64. The summed E-state index contributed by atoms with van der Waals surface area (Å²) in [6, 6.07) is 31.6. The van der Waals surface area contributed by atoms with Crippen LogP contribution in [0.5, 0.6) is 0 Å². The maximum atomic E-state index is 5.96. The number of fused-ring (bicyclic) bond motifs is 2. The maximum absolute atomic E-state index is 5.96. The second-order valence-electron chi connectivity index (χ2n) is 7.37. The molecule has 0 atom stereocenters. The van der Waals surface area contributed by atoms with Gasteiger partial charge in [-0.3, -0.25) is 4.98 Å². The predicted molar refractivity (Wildman–Crippen MR) is 122 cm³/mol. The molecule has 0 aliphatic heterocycles. The van der Waals surface area contributed by atoms with E-state index in [0.29, 0.717) is 0 Å². The van der Waals surface area contributed by atoms with Gasteiger partial charge in [-0.05, 0) is 47.0 Å². The fraction of sp³-hybridized carbons (Fsp3) is 0. The SMILES string of the molecule is c1ccc(-c2cc(-n3c(-c4ccccc4)cc4ccncc43)c3occc3c2)cc1. The summed E-state index contributed by atoms with van der Waals surface area (Å²) in [6.07, 6.45) is 5.52. The van der Waals surface area contributed by atoms with E-state index in [9.17, 15) is 0 Å². The van der Waals surface area contributed by atoms with Crippen molar-refractivity contribution in [1.82, 2.24) is 9.55 Å². The zero-order valence-electron chi connectivity index (χ0n) is 16.2. The van der Waals surface area contributed by atoms with Crippen molar-refractivity contribution in [2.24, 2.45) is 0 Å². The molecule has 3 heterocycles. The first-order chi connectivity index (χ1) is 14.9. The van der Waals surface area contributed by atoms with Crippen LogP contribution in [0.1, 0.15) is 0 Å². The Morgan fingerprint density at radius 1 is 0.667 bits per heavy atom. The van der Waals surface area contributed by atoms with Crippen molar-refractivity contribution in [2.45, 2.75) is 0 Å². The van der Waals surface area contributed by atoms with Gasteiger partial charge < -0.3 is 8.98 Å². The minimum atomic E-state index is 0.869. The van der Waals surface area contributed by atoms with E-state index in [4.69, 9.17) is 4.42 Å². The summed E-state index contributed by atoms with van der Waals surface area (Å²) in [5.74, 6) is 0. The highest BCUT2D eigenvalue weighted by Gasteiger charge is 2.17. The summed E-state index contributed by atoms with van der Waals surface area (Å²) >= 11 is 0. The maximum Gasteiger partial charge on any atom is 0.157 e. The Balaban J connectivity index is 1.71. The normalized spacial score (nSPS) is 11.3. The molecular weight excluding hydrogens is 368 g/mol. The first-order valence-electron chi connectivity index (χ1n) is 9.96. The Morgan fingerprint density at radius 2 is 1.43 bits per heavy atom. The monoisotopic (exact) mass is 386 g/mol. The van der Waals surface area contributed by atoms with Crippen LogP contribution in [0, 0.1) is 0 Å². The van der Waals surface area contributed by atoms with Crippen LogP contribution in [0.3, 0.4) is 0 Å². The summed E-state index contributed by atoms with van der Waals surface area (Å²) in [4.78, 5) is 4.40. The largest absolute Gasteiger partial charge is 0.462 e. The molecule has 6 rings (SSSR count). The van der Waals surface area contributed by atoms with Crippen LogP contribution in [-0.2, 0) is 0 Å². The molecule has 142 valence electrons. The zero-order chi connectivity index (χ0) is 19.9. The molecule has 0 radical (unpaired) electrons. The van der Waals surface area contributed by atoms with Crippen molar-refractivity contribution < 1.29 is 4.42 Å². The molecule has 0 amide bonds. The topological polar surface area (TPSA) is 31.0 Å². The molecule has 0 aliphatic rings. The van der Waals surface area contributed by atoms with Gasteiger partial charge in [-0.25, -0.2) is 0 Å². The summed E-state index contributed by atoms with van der Waals surface area (Å²) in [5.41, 5.74) is 7.53. The molecule has 0 aliphatic carbocycles. The third-order valence-corrected chi connectivity index (χ3v) is 5.56. The first-order valence-corrected chi connectivity index (χ1v) is 9.96. The quantitative estimate of drug-likeness (QED) is 0.325. The molecule has 0 fully saturated rings. The molecule has 0 unspecified atom stereocenters. The highest BCUT2D eigenvalue weighted by Crippen LogP contribution is 2.37. The lowest BCUT2D eigenvalue weighted by Crippen LogP contribution is -1.98. The highest BCUT2D eigenvalue weighted by molar-refractivity contribution is 5.96. The molecule has 3 nitrogen and oxygen atoms in total. The van der Waals surface area contributed by atoms with E-state index >= 15 is 0 Å². The number of hydrogen-bond acceptors (Lipinski definition) is 2. The number of aromatic nitrogens is 2. The lowest BCUT2D eigenvalue weighted by atomic mass is 10.0. The second kappa shape index (κ2) is 6.75. The van der Waals surface area contributed by atoms with Gasteiger partial charge in [0.15, 0.2) is 5.58 Å². The number of furan rings is 1. The molecular formula is C27H18N2O. The Labute approximate surface area is 173 Å². The van der Waals surface area contributed by atoms with Crippen LogP contribution < -0.4 is 0 Å². The van der Waals surface area contributed by atoms with Crippen LogP contribution in [-0.4, -0.2) is 9.55 Å². The van der Waals surface area contributed by atoms with Crippen molar-refractivity contribution in [1.29, 1.82) is 0 Å². The molecule has 3 aromatic heterocycles. The van der Waals surface area contributed by atoms with Gasteiger partial charge in [-0.15, -0.1) is 0 Å². The third-order valence-electron chi connectivity index (χ3n) is 5.56. The minimum Gasteiger partial charge on any atom is -0.462 e. The van der Waals surface area contributed by atoms with Gasteiger partial charge in [-0.2, -0.15) is 0 Å². The molecule has 0 bridgehead atoms. The highest BCUT2D eigenvalue weighted by atomic mass is 16.3. The van der Waals surface area contributed by atoms with E-state index in [1.165, 1.54) is 5.56 Å². The summed E-state index contributed by atoms with van der Waals surface area (Å²) in [5, 5.41) is 2.23. The standard InChI is InChI=1S/C27H18N2O/c1-3-7-19(8-4-1)23-15-22-12-14-30-27(22)25(17-23)29-24(20-9-5-2-6-10-20)16-21-11-13-28-18-26(21)29/h1-18H. The lowest BCUT2D eigenvalue weighted by Gasteiger charge is -2.14. The number of pyridine rings is 1. The molecule has 3 aromatic carbocycles. The van der Waals surface area contributed by atoms with Crippen LogP contribution >= 0.6 is 0 Å². The Kier molecular flexibility index (Phi) is 3.78. The van der Waals surface area contributed by atoms with Gasteiger partial charge in [0, 0.05) is 17.0 Å². The van der Waals surface area contributed by atoms with E-state index in [1.807, 2.05) is 30.6 Å². The van der Waals surface area contributed by atoms with Gasteiger partial charge in [0.05, 0.1) is 29.4 Å². The molecule has 0 saturated heterocycles. The molecule has 6 aromatic rings. The van der Waals surface area contributed by atoms with E-state index < -0.39 is 0 Å². The fourth-order valence-corrected chi connectivity index (χ4v) is 4.15. The van der Waals surface area contributed by atoms with Crippen LogP contribution in [0.25, 0.3) is 49.9 Å². The van der Waals surface area contributed by atoms with Crippen LogP contribution in [0.15, 0.2) is 114 Å². The average molecular weight is 386 g/mol. The van der Waals surface area contributed by atoms with E-state index in [-0.39, 0.29) is 0 Å². The lowest BCUT2D eigenvalue weighted by molar-refractivity contribution is 0.614. The van der Waals surface area contributed by atoms with Crippen LogP contribution in [0.2, 0.25) is 0 Å². The Bertz CT molecular complexity index is 1480. The number of nitrogens with zero attached hydrogens (tertiary/aromatic N) is 2. The van der Waals surface area contributed by atoms with E-state index in [2.05, 4.69) is 82.3 Å². The number of hydrogen-bond donors (Lipinski definition) is 0. The summed E-state index contributed by atoms with van der Waals surface area (Å²) in [6.45, 7) is 0. The average Bonchev–Trinajstić information content (AvgIpc) is 3.44. The van der Waals surface area contributed by atoms with Crippen molar-refractivity contribution in [3.05, 3.63) is 110 Å². The number of rotatable bonds is 3. The predicted octanol–water partition coefficient (Wildman–Crippen LogP) is 7.11. The van der Waals surface area contributed by atoms with Gasteiger partial charge in [-0.1, -0.05) is 60.7 Å². The minimum absolute atomic E-state index is 0.869. The molecule has 0 saturated carbocycles. The smallest absolute Gasteiger partial charge is 0.157 e. The molecule has 3 heteroatoms. The van der Waals surface area contributed by atoms with Crippen molar-refractivity contribution >= 4 is 21.9 Å². The van der Waals surface area contributed by atoms with Gasteiger partial charge in [0.25, 0.3) is 0 Å². The Hall–Kier alpha value is -4.11. The summed E-state index contributed by atoms with van der Waals surface area (Å²) in [7, 11) is 0. The van der Waals surface area contributed by atoms with E-state index in [0.717, 1.165) is 44.4 Å². The van der Waals surface area contributed by atoms with Gasteiger partial charge in [0.2, 0.25) is 0 Å². The van der Waals surface area contributed by atoms with Crippen molar-refractivity contribution in [3.63, 3.8) is 0 Å². The van der Waals surface area contributed by atoms with E-state index in [1.54, 1.807) is 6.26 Å².